The van der Waals surface area contributed by atoms with Gasteiger partial charge in [-0.1, -0.05) is 18.2 Å². The smallest absolute Gasteiger partial charge is 0.260 e. The number of amides is 2. The number of aryl methyl sites for hydroxylation is 2. The first-order valence-electron chi connectivity index (χ1n) is 9.53. The second-order valence-corrected chi connectivity index (χ2v) is 7.19. The molecule has 0 aliphatic carbocycles. The molecule has 0 atom stereocenters. The van der Waals surface area contributed by atoms with Crippen LogP contribution in [0.25, 0.3) is 0 Å². The molecule has 2 amide bonds. The molecule has 0 spiro atoms. The van der Waals surface area contributed by atoms with Gasteiger partial charge in [0, 0.05) is 38.3 Å². The number of carbonyl (C=O) groups excluding carboxylic acids is 2. The Morgan fingerprint density at radius 2 is 1.50 bits per heavy atom. The van der Waals surface area contributed by atoms with Crippen molar-refractivity contribution in [2.24, 2.45) is 5.73 Å². The molecule has 2 aromatic rings. The van der Waals surface area contributed by atoms with Crippen molar-refractivity contribution in [3.05, 3.63) is 64.7 Å². The number of benzene rings is 2. The van der Waals surface area contributed by atoms with Crippen LogP contribution >= 0.6 is 0 Å². The monoisotopic (exact) mass is 381 g/mol. The Labute approximate surface area is 165 Å². The number of ether oxygens (including phenoxy) is 1. The van der Waals surface area contributed by atoms with Crippen molar-refractivity contribution < 1.29 is 14.3 Å². The minimum Gasteiger partial charge on any atom is -0.484 e. The predicted molar refractivity (Wildman–Crippen MR) is 108 cm³/mol. The van der Waals surface area contributed by atoms with Gasteiger partial charge in [-0.15, -0.1) is 0 Å². The molecular formula is C22H27N3O3. The molecule has 2 aromatic carbocycles. The standard InChI is InChI=1S/C22H27N3O3/c1-16-11-17(2)13-20(12-16)28-15-21(26)24-7-9-25(10-8-24)22(27)19-5-3-18(14-23)4-6-19/h3-6,11-13H,7-10,14-15,23H2,1-2H3. The summed E-state index contributed by atoms with van der Waals surface area (Å²) in [5, 5.41) is 0. The maximum atomic E-state index is 12.6. The van der Waals surface area contributed by atoms with Gasteiger partial charge in [0.25, 0.3) is 11.8 Å². The van der Waals surface area contributed by atoms with Gasteiger partial charge in [0.15, 0.2) is 6.61 Å². The zero-order chi connectivity index (χ0) is 20.1. The Balaban J connectivity index is 1.49. The van der Waals surface area contributed by atoms with Crippen LogP contribution in [0.4, 0.5) is 0 Å². The van der Waals surface area contributed by atoms with Crippen molar-refractivity contribution in [3.63, 3.8) is 0 Å². The van der Waals surface area contributed by atoms with E-state index in [1.807, 2.05) is 38.1 Å². The molecule has 0 bridgehead atoms. The Bertz CT molecular complexity index is 820. The molecule has 2 N–H and O–H groups in total. The Morgan fingerprint density at radius 3 is 2.07 bits per heavy atom. The first kappa shape index (κ1) is 19.9. The van der Waals surface area contributed by atoms with E-state index in [1.165, 1.54) is 0 Å². The summed E-state index contributed by atoms with van der Waals surface area (Å²) in [7, 11) is 0. The molecule has 1 heterocycles. The van der Waals surface area contributed by atoms with Crippen LogP contribution in [0.5, 0.6) is 5.75 Å². The van der Waals surface area contributed by atoms with Gasteiger partial charge in [-0.2, -0.15) is 0 Å². The predicted octanol–water partition coefficient (Wildman–Crippen LogP) is 2.13. The lowest BCUT2D eigenvalue weighted by Gasteiger charge is -2.34. The third-order valence-electron chi connectivity index (χ3n) is 4.91. The van der Waals surface area contributed by atoms with E-state index in [2.05, 4.69) is 6.07 Å². The van der Waals surface area contributed by atoms with Crippen molar-refractivity contribution in [3.8, 4) is 5.75 Å². The summed E-state index contributed by atoms with van der Waals surface area (Å²) >= 11 is 0. The van der Waals surface area contributed by atoms with E-state index in [0.717, 1.165) is 16.7 Å². The van der Waals surface area contributed by atoms with E-state index in [1.54, 1.807) is 21.9 Å². The quantitative estimate of drug-likeness (QED) is 0.861. The fourth-order valence-corrected chi connectivity index (χ4v) is 3.38. The van der Waals surface area contributed by atoms with Crippen LogP contribution in [0.15, 0.2) is 42.5 Å². The Morgan fingerprint density at radius 1 is 0.929 bits per heavy atom. The molecule has 0 aromatic heterocycles. The highest BCUT2D eigenvalue weighted by Gasteiger charge is 2.25. The Hall–Kier alpha value is -2.86. The number of rotatable bonds is 5. The number of piperazine rings is 1. The zero-order valence-electron chi connectivity index (χ0n) is 16.5. The molecule has 1 fully saturated rings. The second-order valence-electron chi connectivity index (χ2n) is 7.19. The van der Waals surface area contributed by atoms with Crippen LogP contribution < -0.4 is 10.5 Å². The van der Waals surface area contributed by atoms with Crippen LogP contribution in [0.3, 0.4) is 0 Å². The average Bonchev–Trinajstić information content (AvgIpc) is 2.71. The van der Waals surface area contributed by atoms with Crippen LogP contribution in [-0.2, 0) is 11.3 Å². The topological polar surface area (TPSA) is 75.9 Å². The molecule has 0 unspecified atom stereocenters. The van der Waals surface area contributed by atoms with Crippen LogP contribution in [0, 0.1) is 13.8 Å². The summed E-state index contributed by atoms with van der Waals surface area (Å²) in [5.74, 6) is 0.640. The Kier molecular flexibility index (Phi) is 6.31. The summed E-state index contributed by atoms with van der Waals surface area (Å²) in [4.78, 5) is 28.6. The lowest BCUT2D eigenvalue weighted by atomic mass is 10.1. The summed E-state index contributed by atoms with van der Waals surface area (Å²) in [6.07, 6.45) is 0. The van der Waals surface area contributed by atoms with Gasteiger partial charge in [-0.3, -0.25) is 9.59 Å². The number of nitrogens with two attached hydrogens (primary N) is 1. The molecule has 1 aliphatic heterocycles. The number of carbonyl (C=O) groups is 2. The highest BCUT2D eigenvalue weighted by atomic mass is 16.5. The highest BCUT2D eigenvalue weighted by Crippen LogP contribution is 2.16. The van der Waals surface area contributed by atoms with Crippen molar-refractivity contribution in [2.45, 2.75) is 20.4 Å². The number of hydrogen-bond acceptors (Lipinski definition) is 4. The van der Waals surface area contributed by atoms with E-state index >= 15 is 0 Å². The van der Waals surface area contributed by atoms with Gasteiger partial charge in [0.05, 0.1) is 0 Å². The van der Waals surface area contributed by atoms with Gasteiger partial charge in [-0.25, -0.2) is 0 Å². The molecular weight excluding hydrogens is 354 g/mol. The molecule has 28 heavy (non-hydrogen) atoms. The van der Waals surface area contributed by atoms with Gasteiger partial charge in [0.2, 0.25) is 0 Å². The molecule has 0 saturated carbocycles. The largest absolute Gasteiger partial charge is 0.484 e. The summed E-state index contributed by atoms with van der Waals surface area (Å²) in [6.45, 7) is 6.54. The van der Waals surface area contributed by atoms with Crippen molar-refractivity contribution in [1.29, 1.82) is 0 Å². The molecule has 0 radical (unpaired) electrons. The number of nitrogens with zero attached hydrogens (tertiary/aromatic N) is 2. The molecule has 1 aliphatic rings. The highest BCUT2D eigenvalue weighted by molar-refractivity contribution is 5.94. The van der Waals surface area contributed by atoms with Crippen molar-refractivity contribution >= 4 is 11.8 Å². The van der Waals surface area contributed by atoms with Crippen molar-refractivity contribution in [2.75, 3.05) is 32.8 Å². The number of hydrogen-bond donors (Lipinski definition) is 1. The average molecular weight is 381 g/mol. The maximum Gasteiger partial charge on any atom is 0.260 e. The lowest BCUT2D eigenvalue weighted by molar-refractivity contribution is -0.134. The second kappa shape index (κ2) is 8.89. The fraction of sp³-hybridized carbons (Fsp3) is 0.364. The van der Waals surface area contributed by atoms with Gasteiger partial charge >= 0.3 is 0 Å². The van der Waals surface area contributed by atoms with E-state index in [9.17, 15) is 9.59 Å². The van der Waals surface area contributed by atoms with Gasteiger partial charge in [0.1, 0.15) is 5.75 Å². The third kappa shape index (κ3) is 4.89. The van der Waals surface area contributed by atoms with Crippen LogP contribution in [0.1, 0.15) is 27.0 Å². The summed E-state index contributed by atoms with van der Waals surface area (Å²) in [6, 6.07) is 13.3. The molecule has 6 nitrogen and oxygen atoms in total. The van der Waals surface area contributed by atoms with E-state index in [4.69, 9.17) is 10.5 Å². The SMILES string of the molecule is Cc1cc(C)cc(OCC(=O)N2CCN(C(=O)c3ccc(CN)cc3)CC2)c1. The fourth-order valence-electron chi connectivity index (χ4n) is 3.38. The summed E-state index contributed by atoms with van der Waals surface area (Å²) < 4.78 is 5.67. The van der Waals surface area contributed by atoms with E-state index in [-0.39, 0.29) is 18.4 Å². The normalized spacial score (nSPS) is 14.1. The van der Waals surface area contributed by atoms with Gasteiger partial charge in [-0.05, 0) is 54.8 Å². The van der Waals surface area contributed by atoms with Crippen LogP contribution in [-0.4, -0.2) is 54.4 Å². The van der Waals surface area contributed by atoms with Gasteiger partial charge < -0.3 is 20.3 Å². The zero-order valence-corrected chi connectivity index (χ0v) is 16.5. The van der Waals surface area contributed by atoms with E-state index < -0.39 is 0 Å². The maximum absolute atomic E-state index is 12.6. The lowest BCUT2D eigenvalue weighted by Crippen LogP contribution is -2.51. The van der Waals surface area contributed by atoms with E-state index in [0.29, 0.717) is 44.0 Å². The first-order valence-corrected chi connectivity index (χ1v) is 9.53. The minimum atomic E-state index is -0.0569. The minimum absolute atomic E-state index is 0.0113. The molecule has 148 valence electrons. The molecule has 3 rings (SSSR count). The molecule has 6 heteroatoms. The van der Waals surface area contributed by atoms with Crippen molar-refractivity contribution in [1.82, 2.24) is 9.80 Å². The third-order valence-corrected chi connectivity index (χ3v) is 4.91. The summed E-state index contributed by atoms with van der Waals surface area (Å²) in [5.41, 5.74) is 9.45. The first-order chi connectivity index (χ1) is 13.5. The van der Waals surface area contributed by atoms with Crippen LogP contribution in [0.2, 0.25) is 0 Å². The molecule has 1 saturated heterocycles.